The predicted molar refractivity (Wildman–Crippen MR) is 126 cm³/mol. The van der Waals surface area contributed by atoms with Gasteiger partial charge < -0.3 is 24.4 Å². The third kappa shape index (κ3) is 4.26. The van der Waals surface area contributed by atoms with E-state index >= 15 is 0 Å². The molecular formula is C26H27N3O5. The molecule has 2 heterocycles. The van der Waals surface area contributed by atoms with Crippen LogP contribution in [0.4, 0.5) is 0 Å². The molecule has 1 fully saturated rings. The molecule has 2 aromatic carbocycles. The summed E-state index contributed by atoms with van der Waals surface area (Å²) < 4.78 is 7.15. The molecule has 8 nitrogen and oxygen atoms in total. The summed E-state index contributed by atoms with van der Waals surface area (Å²) in [7, 11) is 1.43. The maximum absolute atomic E-state index is 13.2. The zero-order chi connectivity index (χ0) is 24.4. The number of hydrogen-bond acceptors (Lipinski definition) is 6. The number of carbonyl (C=O) groups excluding carboxylic acids is 2. The Bertz CT molecular complexity index is 1260. The first-order valence-corrected chi connectivity index (χ1v) is 11.0. The fraction of sp³-hybridized carbons (Fsp3) is 0.269. The Labute approximate surface area is 197 Å². The van der Waals surface area contributed by atoms with E-state index in [0.29, 0.717) is 30.6 Å². The number of aryl methyl sites for hydroxylation is 3. The first-order valence-electron chi connectivity index (χ1n) is 11.0. The Morgan fingerprint density at radius 3 is 2.62 bits per heavy atom. The molecule has 0 spiro atoms. The summed E-state index contributed by atoms with van der Waals surface area (Å²) in [6.07, 6.45) is 5.78. The Balaban J connectivity index is 1.81. The Morgan fingerprint density at radius 1 is 1.12 bits per heavy atom. The molecule has 1 aromatic heterocycles. The van der Waals surface area contributed by atoms with Crippen LogP contribution in [-0.2, 0) is 16.1 Å². The van der Waals surface area contributed by atoms with Gasteiger partial charge in [0.2, 0.25) is 0 Å². The zero-order valence-corrected chi connectivity index (χ0v) is 19.4. The van der Waals surface area contributed by atoms with E-state index in [-0.39, 0.29) is 22.8 Å². The number of rotatable bonds is 7. The quantitative estimate of drug-likeness (QED) is 0.316. The lowest BCUT2D eigenvalue weighted by atomic mass is 9.93. The highest BCUT2D eigenvalue weighted by Crippen LogP contribution is 2.42. The van der Waals surface area contributed by atoms with Gasteiger partial charge in [-0.25, -0.2) is 4.98 Å². The molecule has 3 aromatic rings. The fourth-order valence-corrected chi connectivity index (χ4v) is 4.30. The summed E-state index contributed by atoms with van der Waals surface area (Å²) in [5, 5.41) is 21.4. The van der Waals surface area contributed by atoms with Crippen LogP contribution in [0.2, 0.25) is 0 Å². The number of aromatic nitrogens is 2. The molecule has 0 bridgehead atoms. The van der Waals surface area contributed by atoms with Gasteiger partial charge in [0.05, 0.1) is 25.1 Å². The standard InChI is InChI=1S/C26H27N3O5/c1-16-5-6-17(2)19(13-16)24(31)22-23(18-7-8-20(30)21(14-18)34-3)29(26(33)25(22)32)11-4-10-28-12-9-27-15-28/h5-9,12-15,23,30-31H,4,10-11H2,1-3H3. The van der Waals surface area contributed by atoms with Gasteiger partial charge in [-0.15, -0.1) is 0 Å². The van der Waals surface area contributed by atoms with Crippen molar-refractivity contribution in [2.24, 2.45) is 0 Å². The third-order valence-electron chi connectivity index (χ3n) is 6.08. The van der Waals surface area contributed by atoms with Crippen LogP contribution in [0.15, 0.2) is 60.7 Å². The van der Waals surface area contributed by atoms with Crippen LogP contribution in [-0.4, -0.2) is 50.0 Å². The summed E-state index contributed by atoms with van der Waals surface area (Å²) in [5.74, 6) is -1.47. The highest BCUT2D eigenvalue weighted by atomic mass is 16.5. The first kappa shape index (κ1) is 23.1. The van der Waals surface area contributed by atoms with E-state index in [2.05, 4.69) is 4.98 Å². The average molecular weight is 462 g/mol. The number of amides is 1. The second-order valence-corrected chi connectivity index (χ2v) is 8.40. The maximum Gasteiger partial charge on any atom is 0.295 e. The van der Waals surface area contributed by atoms with E-state index in [4.69, 9.17) is 4.74 Å². The number of aliphatic hydroxyl groups excluding tert-OH is 1. The predicted octanol–water partition coefficient (Wildman–Crippen LogP) is 3.73. The van der Waals surface area contributed by atoms with Gasteiger partial charge in [0.25, 0.3) is 11.7 Å². The number of Topliss-reactive ketones (excluding diaryl/α,β-unsaturated/α-hetero) is 1. The number of likely N-dealkylation sites (tertiary alicyclic amines) is 1. The van der Waals surface area contributed by atoms with Crippen LogP contribution in [0.3, 0.4) is 0 Å². The second-order valence-electron chi connectivity index (χ2n) is 8.40. The molecule has 1 aliphatic rings. The van der Waals surface area contributed by atoms with Crippen molar-refractivity contribution in [3.63, 3.8) is 0 Å². The Kier molecular flexibility index (Phi) is 6.40. The number of imidazole rings is 1. The number of nitrogens with zero attached hydrogens (tertiary/aromatic N) is 3. The highest BCUT2D eigenvalue weighted by Gasteiger charge is 2.46. The first-order chi connectivity index (χ1) is 16.3. The van der Waals surface area contributed by atoms with Crippen LogP contribution in [0.5, 0.6) is 11.5 Å². The number of hydrogen-bond donors (Lipinski definition) is 2. The van der Waals surface area contributed by atoms with Gasteiger partial charge in [-0.3, -0.25) is 9.59 Å². The topological polar surface area (TPSA) is 105 Å². The maximum atomic E-state index is 13.2. The second kappa shape index (κ2) is 9.43. The zero-order valence-electron chi connectivity index (χ0n) is 19.4. The normalized spacial score (nSPS) is 17.4. The molecule has 176 valence electrons. The van der Waals surface area contributed by atoms with E-state index in [0.717, 1.165) is 11.1 Å². The van der Waals surface area contributed by atoms with Gasteiger partial charge in [-0.1, -0.05) is 23.8 Å². The van der Waals surface area contributed by atoms with E-state index in [1.54, 1.807) is 30.7 Å². The number of benzene rings is 2. The van der Waals surface area contributed by atoms with Gasteiger partial charge in [0, 0.05) is 31.0 Å². The number of aromatic hydroxyl groups is 1. The molecule has 1 aliphatic heterocycles. The van der Waals surface area contributed by atoms with Crippen molar-refractivity contribution in [2.75, 3.05) is 13.7 Å². The summed E-state index contributed by atoms with van der Waals surface area (Å²) in [4.78, 5) is 31.8. The molecule has 4 rings (SSSR count). The average Bonchev–Trinajstić information content (AvgIpc) is 3.43. The summed E-state index contributed by atoms with van der Waals surface area (Å²) in [6, 6.07) is 9.44. The molecule has 8 heteroatoms. The summed E-state index contributed by atoms with van der Waals surface area (Å²) in [6.45, 7) is 4.65. The lowest BCUT2D eigenvalue weighted by molar-refractivity contribution is -0.139. The van der Waals surface area contributed by atoms with Crippen LogP contribution in [0, 0.1) is 13.8 Å². The molecule has 1 saturated heterocycles. The van der Waals surface area contributed by atoms with Gasteiger partial charge in [-0.2, -0.15) is 0 Å². The molecular weight excluding hydrogens is 434 g/mol. The minimum Gasteiger partial charge on any atom is -0.507 e. The van der Waals surface area contributed by atoms with Crippen molar-refractivity contribution in [1.29, 1.82) is 0 Å². The monoisotopic (exact) mass is 461 g/mol. The van der Waals surface area contributed by atoms with E-state index in [9.17, 15) is 19.8 Å². The number of aliphatic hydroxyl groups is 1. The number of phenols is 1. The lowest BCUT2D eigenvalue weighted by Crippen LogP contribution is -2.31. The molecule has 1 amide bonds. The van der Waals surface area contributed by atoms with Gasteiger partial charge >= 0.3 is 0 Å². The van der Waals surface area contributed by atoms with Crippen LogP contribution in [0.25, 0.3) is 5.76 Å². The SMILES string of the molecule is COc1cc(C2C(=C(O)c3cc(C)ccc3C)C(=O)C(=O)N2CCCn2ccnc2)ccc1O. The number of methoxy groups -OCH3 is 1. The van der Waals surface area contributed by atoms with Crippen molar-refractivity contribution in [1.82, 2.24) is 14.5 Å². The van der Waals surface area contributed by atoms with Crippen molar-refractivity contribution in [2.45, 2.75) is 32.9 Å². The summed E-state index contributed by atoms with van der Waals surface area (Å²) in [5.41, 5.74) is 2.80. The van der Waals surface area contributed by atoms with Crippen molar-refractivity contribution < 1.29 is 24.5 Å². The van der Waals surface area contributed by atoms with Crippen molar-refractivity contribution in [3.05, 3.63) is 82.9 Å². The third-order valence-corrected chi connectivity index (χ3v) is 6.08. The molecule has 1 unspecified atom stereocenters. The molecule has 1 atom stereocenters. The largest absolute Gasteiger partial charge is 0.507 e. The van der Waals surface area contributed by atoms with E-state index in [1.165, 1.54) is 18.1 Å². The minimum absolute atomic E-state index is 0.0223. The molecule has 0 saturated carbocycles. The van der Waals surface area contributed by atoms with Crippen LogP contribution < -0.4 is 4.74 Å². The number of carbonyl (C=O) groups is 2. The minimum atomic E-state index is -0.822. The van der Waals surface area contributed by atoms with Gasteiger partial charge in [-0.05, 0) is 49.6 Å². The molecule has 0 radical (unpaired) electrons. The van der Waals surface area contributed by atoms with Gasteiger partial charge in [0.15, 0.2) is 11.5 Å². The Hall–Kier alpha value is -4.07. The van der Waals surface area contributed by atoms with Crippen molar-refractivity contribution >= 4 is 17.4 Å². The van der Waals surface area contributed by atoms with Crippen LogP contribution >= 0.6 is 0 Å². The van der Waals surface area contributed by atoms with Crippen LogP contribution in [0.1, 0.15) is 34.7 Å². The number of ether oxygens (including phenoxy) is 1. The van der Waals surface area contributed by atoms with Crippen molar-refractivity contribution in [3.8, 4) is 11.5 Å². The lowest BCUT2D eigenvalue weighted by Gasteiger charge is -2.26. The number of ketones is 1. The molecule has 2 N–H and O–H groups in total. The smallest absolute Gasteiger partial charge is 0.295 e. The summed E-state index contributed by atoms with van der Waals surface area (Å²) >= 11 is 0. The fourth-order valence-electron chi connectivity index (χ4n) is 4.30. The van der Waals surface area contributed by atoms with E-state index < -0.39 is 17.7 Å². The molecule has 34 heavy (non-hydrogen) atoms. The Morgan fingerprint density at radius 2 is 1.91 bits per heavy atom. The molecule has 0 aliphatic carbocycles. The highest BCUT2D eigenvalue weighted by molar-refractivity contribution is 6.46. The number of phenolic OH excluding ortho intramolecular Hbond substituents is 1. The van der Waals surface area contributed by atoms with Gasteiger partial charge in [0.1, 0.15) is 5.76 Å². The van der Waals surface area contributed by atoms with E-state index in [1.807, 2.05) is 36.7 Å².